The molecule has 0 atom stereocenters. The van der Waals surface area contributed by atoms with Crippen molar-refractivity contribution in [2.24, 2.45) is 5.73 Å². The first-order valence-corrected chi connectivity index (χ1v) is 10.6. The zero-order valence-corrected chi connectivity index (χ0v) is 18.3. The van der Waals surface area contributed by atoms with Gasteiger partial charge < -0.3 is 15.4 Å². The summed E-state index contributed by atoms with van der Waals surface area (Å²) in [7, 11) is 1.47. The van der Waals surface area contributed by atoms with Crippen LogP contribution < -0.4 is 15.4 Å². The van der Waals surface area contributed by atoms with Crippen LogP contribution in [0, 0.1) is 5.82 Å². The van der Waals surface area contributed by atoms with Crippen LogP contribution in [0.4, 0.5) is 10.1 Å². The summed E-state index contributed by atoms with van der Waals surface area (Å²) in [5.74, 6) is -0.609. The van der Waals surface area contributed by atoms with Crippen LogP contribution in [-0.4, -0.2) is 24.4 Å². The van der Waals surface area contributed by atoms with Gasteiger partial charge in [-0.1, -0.05) is 30.3 Å². The number of benzene rings is 2. The van der Waals surface area contributed by atoms with Gasteiger partial charge in [-0.25, -0.2) is 9.37 Å². The second-order valence-electron chi connectivity index (χ2n) is 7.82. The molecule has 0 fully saturated rings. The Morgan fingerprint density at radius 1 is 1.18 bits per heavy atom. The number of hydrogen-bond donors (Lipinski definition) is 1. The molecule has 33 heavy (non-hydrogen) atoms. The lowest BCUT2D eigenvalue weighted by molar-refractivity contribution is -0.107. The Bertz CT molecular complexity index is 1220. The van der Waals surface area contributed by atoms with Crippen molar-refractivity contribution in [3.8, 4) is 17.0 Å². The SMILES string of the molecule is COc1ccc(F)cc1N(C=O)Cc1ccc(-c2nc(C3=CCCC3)ccc2C(N)=O)cc1. The monoisotopic (exact) mass is 445 g/mol. The molecule has 1 aliphatic rings. The van der Waals surface area contributed by atoms with E-state index in [0.717, 1.165) is 36.1 Å². The third kappa shape index (κ3) is 4.77. The van der Waals surface area contributed by atoms with Crippen molar-refractivity contribution in [1.82, 2.24) is 4.98 Å². The maximum absolute atomic E-state index is 13.8. The minimum atomic E-state index is -0.543. The molecule has 7 heteroatoms. The van der Waals surface area contributed by atoms with E-state index in [1.165, 1.54) is 35.8 Å². The molecule has 168 valence electrons. The van der Waals surface area contributed by atoms with E-state index in [9.17, 15) is 14.0 Å². The molecule has 2 N–H and O–H groups in total. The maximum atomic E-state index is 13.8. The van der Waals surface area contributed by atoms with Crippen LogP contribution in [-0.2, 0) is 11.3 Å². The summed E-state index contributed by atoms with van der Waals surface area (Å²) in [5.41, 5.74) is 10.4. The smallest absolute Gasteiger partial charge is 0.250 e. The minimum absolute atomic E-state index is 0.215. The summed E-state index contributed by atoms with van der Waals surface area (Å²) in [6.45, 7) is 0.215. The van der Waals surface area contributed by atoms with Gasteiger partial charge in [0.25, 0.3) is 5.91 Å². The van der Waals surface area contributed by atoms with Gasteiger partial charge in [-0.2, -0.15) is 0 Å². The van der Waals surface area contributed by atoms with E-state index in [2.05, 4.69) is 6.08 Å². The number of methoxy groups -OCH3 is 1. The van der Waals surface area contributed by atoms with Crippen LogP contribution in [0.5, 0.6) is 5.75 Å². The molecule has 1 heterocycles. The van der Waals surface area contributed by atoms with Crippen LogP contribution in [0.15, 0.2) is 60.7 Å². The van der Waals surface area contributed by atoms with Crippen LogP contribution in [0.3, 0.4) is 0 Å². The fraction of sp³-hybridized carbons (Fsp3) is 0.192. The second kappa shape index (κ2) is 9.65. The van der Waals surface area contributed by atoms with Crippen molar-refractivity contribution in [3.63, 3.8) is 0 Å². The van der Waals surface area contributed by atoms with Crippen LogP contribution in [0.1, 0.15) is 40.9 Å². The standard InChI is InChI=1S/C26H24FN3O3/c1-33-24-13-10-20(27)14-23(24)30(16-31)15-17-6-8-19(9-7-17)25-21(26(28)32)11-12-22(29-25)18-4-2-3-5-18/h4,6-14,16H,2-3,5,15H2,1H3,(H2,28,32). The highest BCUT2D eigenvalue weighted by Gasteiger charge is 2.17. The number of amides is 2. The summed E-state index contributed by atoms with van der Waals surface area (Å²) in [5, 5.41) is 0. The largest absolute Gasteiger partial charge is 0.495 e. The van der Waals surface area contributed by atoms with Gasteiger partial charge in [0.2, 0.25) is 6.41 Å². The van der Waals surface area contributed by atoms with Crippen LogP contribution in [0.2, 0.25) is 0 Å². The third-order valence-electron chi connectivity index (χ3n) is 5.69. The normalized spacial score (nSPS) is 12.8. The molecule has 4 rings (SSSR count). The highest BCUT2D eigenvalue weighted by molar-refractivity contribution is 5.99. The lowest BCUT2D eigenvalue weighted by atomic mass is 10.0. The first-order chi connectivity index (χ1) is 16.0. The summed E-state index contributed by atoms with van der Waals surface area (Å²) < 4.78 is 19.0. The van der Waals surface area contributed by atoms with E-state index >= 15 is 0 Å². The van der Waals surface area contributed by atoms with E-state index in [1.54, 1.807) is 6.07 Å². The Balaban J connectivity index is 1.63. The number of ether oxygens (including phenoxy) is 1. The number of nitrogens with two attached hydrogens (primary N) is 1. The van der Waals surface area contributed by atoms with Gasteiger partial charge in [-0.05, 0) is 54.7 Å². The molecule has 3 aromatic rings. The molecule has 2 amide bonds. The lowest BCUT2D eigenvalue weighted by Crippen LogP contribution is -2.21. The molecule has 0 saturated carbocycles. The molecule has 0 saturated heterocycles. The number of nitrogens with zero attached hydrogens (tertiary/aromatic N) is 2. The van der Waals surface area contributed by atoms with E-state index in [-0.39, 0.29) is 6.54 Å². The van der Waals surface area contributed by atoms with Crippen molar-refractivity contribution >= 4 is 23.6 Å². The average Bonchev–Trinajstić information content (AvgIpc) is 3.37. The topological polar surface area (TPSA) is 85.5 Å². The molecule has 0 bridgehead atoms. The predicted octanol–water partition coefficient (Wildman–Crippen LogP) is 4.73. The van der Waals surface area contributed by atoms with E-state index < -0.39 is 11.7 Å². The molecule has 0 radical (unpaired) electrons. The third-order valence-corrected chi connectivity index (χ3v) is 5.69. The Labute approximate surface area is 191 Å². The molecule has 1 aromatic heterocycles. The number of aromatic nitrogens is 1. The van der Waals surface area contributed by atoms with Crippen LogP contribution >= 0.6 is 0 Å². The van der Waals surface area contributed by atoms with Gasteiger partial charge in [-0.15, -0.1) is 0 Å². The van der Waals surface area contributed by atoms with Gasteiger partial charge in [-0.3, -0.25) is 9.59 Å². The van der Waals surface area contributed by atoms with E-state index in [4.69, 9.17) is 15.5 Å². The highest BCUT2D eigenvalue weighted by atomic mass is 19.1. The number of anilines is 1. The Morgan fingerprint density at radius 2 is 1.97 bits per heavy atom. The lowest BCUT2D eigenvalue weighted by Gasteiger charge is -2.20. The molecule has 0 unspecified atom stereocenters. The molecular formula is C26H24FN3O3. The maximum Gasteiger partial charge on any atom is 0.250 e. The minimum Gasteiger partial charge on any atom is -0.495 e. The van der Waals surface area contributed by atoms with Gasteiger partial charge in [0.1, 0.15) is 11.6 Å². The van der Waals surface area contributed by atoms with E-state index in [0.29, 0.717) is 29.1 Å². The van der Waals surface area contributed by atoms with Crippen molar-refractivity contribution in [1.29, 1.82) is 0 Å². The summed E-state index contributed by atoms with van der Waals surface area (Å²) in [4.78, 5) is 29.9. The zero-order chi connectivity index (χ0) is 23.4. The Morgan fingerprint density at radius 3 is 2.61 bits per heavy atom. The molecule has 1 aliphatic carbocycles. The number of rotatable bonds is 8. The summed E-state index contributed by atoms with van der Waals surface area (Å²) >= 11 is 0. The number of allylic oxidation sites excluding steroid dienone is 2. The fourth-order valence-corrected chi connectivity index (χ4v) is 3.99. The number of primary amides is 1. The zero-order valence-electron chi connectivity index (χ0n) is 18.3. The van der Waals surface area contributed by atoms with Crippen molar-refractivity contribution in [2.75, 3.05) is 12.0 Å². The molecule has 2 aromatic carbocycles. The second-order valence-corrected chi connectivity index (χ2v) is 7.82. The summed E-state index contributed by atoms with van der Waals surface area (Å²) in [6, 6.07) is 14.9. The van der Waals surface area contributed by atoms with Crippen molar-refractivity contribution in [3.05, 3.63) is 83.3 Å². The van der Waals surface area contributed by atoms with Gasteiger partial charge in [0.05, 0.1) is 36.3 Å². The number of pyridine rings is 1. The summed E-state index contributed by atoms with van der Waals surface area (Å²) in [6.07, 6.45) is 5.90. The number of halogens is 1. The Hall–Kier alpha value is -4.00. The highest BCUT2D eigenvalue weighted by Crippen LogP contribution is 2.31. The van der Waals surface area contributed by atoms with Crippen LogP contribution in [0.25, 0.3) is 16.8 Å². The Kier molecular flexibility index (Phi) is 6.49. The predicted molar refractivity (Wildman–Crippen MR) is 125 cm³/mol. The van der Waals surface area contributed by atoms with Gasteiger partial charge in [0, 0.05) is 11.6 Å². The number of carbonyl (C=O) groups excluding carboxylic acids is 2. The fourth-order valence-electron chi connectivity index (χ4n) is 3.99. The average molecular weight is 445 g/mol. The van der Waals surface area contributed by atoms with Crippen molar-refractivity contribution < 1.29 is 18.7 Å². The molecular weight excluding hydrogens is 421 g/mol. The molecule has 0 aliphatic heterocycles. The van der Waals surface area contributed by atoms with Crippen molar-refractivity contribution in [2.45, 2.75) is 25.8 Å². The number of hydrogen-bond acceptors (Lipinski definition) is 4. The number of carbonyl (C=O) groups is 2. The van der Waals surface area contributed by atoms with Gasteiger partial charge >= 0.3 is 0 Å². The first kappa shape index (κ1) is 22.2. The quantitative estimate of drug-likeness (QED) is 0.508. The molecule has 6 nitrogen and oxygen atoms in total. The first-order valence-electron chi connectivity index (χ1n) is 10.6. The van der Waals surface area contributed by atoms with Gasteiger partial charge in [0.15, 0.2) is 0 Å². The molecule has 0 spiro atoms. The van der Waals surface area contributed by atoms with E-state index in [1.807, 2.05) is 30.3 Å².